The van der Waals surface area contributed by atoms with Crippen molar-refractivity contribution in [2.45, 2.75) is 38.4 Å². The molecule has 120 valence electrons. The lowest BCUT2D eigenvalue weighted by molar-refractivity contribution is 0.358. The molecule has 0 bridgehead atoms. The zero-order valence-electron chi connectivity index (χ0n) is 13.0. The summed E-state index contributed by atoms with van der Waals surface area (Å²) in [5.41, 5.74) is 0. The van der Waals surface area contributed by atoms with Gasteiger partial charge < -0.3 is 5.32 Å². The average molecular weight is 324 g/mol. The van der Waals surface area contributed by atoms with Crippen LogP contribution in [0.3, 0.4) is 0 Å². The Hall–Kier alpha value is 0.180. The second-order valence-corrected chi connectivity index (χ2v) is 8.64. The van der Waals surface area contributed by atoms with Gasteiger partial charge >= 0.3 is 0 Å². The molecule has 1 N–H and O–H groups in total. The van der Waals surface area contributed by atoms with Crippen molar-refractivity contribution in [2.24, 2.45) is 0 Å². The van der Waals surface area contributed by atoms with E-state index in [0.29, 0.717) is 24.9 Å². The molecule has 1 aliphatic rings. The highest BCUT2D eigenvalue weighted by molar-refractivity contribution is 8.00. The Morgan fingerprint density at radius 3 is 2.75 bits per heavy atom. The third kappa shape index (κ3) is 5.52. The van der Waals surface area contributed by atoms with Gasteiger partial charge in [-0.2, -0.15) is 28.8 Å². The number of nitrogens with one attached hydrogen (secondary N) is 1. The fraction of sp³-hybridized carbons (Fsp3) is 1.00. The SMILES string of the molecule is CCCNCCCN(C)S(=O)(=O)N1CCSC(CC)C1. The van der Waals surface area contributed by atoms with E-state index in [1.165, 1.54) is 4.31 Å². The van der Waals surface area contributed by atoms with Gasteiger partial charge in [0, 0.05) is 37.7 Å². The molecule has 0 aromatic heterocycles. The first-order chi connectivity index (χ1) is 9.52. The number of hydrogen-bond acceptors (Lipinski definition) is 4. The summed E-state index contributed by atoms with van der Waals surface area (Å²) in [5.74, 6) is 0.906. The molecule has 5 nitrogen and oxygen atoms in total. The molecule has 1 rings (SSSR count). The topological polar surface area (TPSA) is 52.7 Å². The monoisotopic (exact) mass is 323 g/mol. The maximum absolute atomic E-state index is 12.5. The predicted octanol–water partition coefficient (Wildman–Crippen LogP) is 1.38. The molecule has 1 fully saturated rings. The van der Waals surface area contributed by atoms with Crippen molar-refractivity contribution >= 4 is 22.0 Å². The van der Waals surface area contributed by atoms with Crippen molar-refractivity contribution in [1.82, 2.24) is 13.9 Å². The van der Waals surface area contributed by atoms with Gasteiger partial charge in [-0.05, 0) is 32.4 Å². The minimum absolute atomic E-state index is 0.443. The van der Waals surface area contributed by atoms with Crippen molar-refractivity contribution in [3.05, 3.63) is 0 Å². The van der Waals surface area contributed by atoms with Gasteiger partial charge in [-0.3, -0.25) is 0 Å². The molecule has 0 spiro atoms. The molecule has 0 aliphatic carbocycles. The lowest BCUT2D eigenvalue weighted by Gasteiger charge is -2.33. The fourth-order valence-corrected chi connectivity index (χ4v) is 5.02. The van der Waals surface area contributed by atoms with Crippen LogP contribution in [-0.4, -0.2) is 67.8 Å². The maximum Gasteiger partial charge on any atom is 0.281 e. The second kappa shape index (κ2) is 9.25. The highest BCUT2D eigenvalue weighted by Crippen LogP contribution is 2.23. The van der Waals surface area contributed by atoms with Gasteiger partial charge in [0.1, 0.15) is 0 Å². The maximum atomic E-state index is 12.5. The van der Waals surface area contributed by atoms with E-state index >= 15 is 0 Å². The molecule has 0 radical (unpaired) electrons. The van der Waals surface area contributed by atoms with Crippen LogP contribution >= 0.6 is 11.8 Å². The highest BCUT2D eigenvalue weighted by atomic mass is 32.2. The van der Waals surface area contributed by atoms with E-state index in [-0.39, 0.29) is 0 Å². The smallest absolute Gasteiger partial charge is 0.281 e. The van der Waals surface area contributed by atoms with Crippen LogP contribution in [0, 0.1) is 0 Å². The van der Waals surface area contributed by atoms with Gasteiger partial charge in [-0.25, -0.2) is 0 Å². The van der Waals surface area contributed by atoms with Gasteiger partial charge in [0.15, 0.2) is 0 Å². The largest absolute Gasteiger partial charge is 0.317 e. The molecule has 1 atom stereocenters. The van der Waals surface area contributed by atoms with Crippen molar-refractivity contribution in [3.8, 4) is 0 Å². The summed E-state index contributed by atoms with van der Waals surface area (Å²) in [6.45, 7) is 8.00. The summed E-state index contributed by atoms with van der Waals surface area (Å²) in [7, 11) is -1.58. The first kappa shape index (κ1) is 18.2. The lowest BCUT2D eigenvalue weighted by Crippen LogP contribution is -2.48. The number of nitrogens with zero attached hydrogens (tertiary/aromatic N) is 2. The molecule has 0 saturated carbocycles. The Bertz CT molecular complexity index is 363. The van der Waals surface area contributed by atoms with E-state index in [0.717, 1.165) is 38.1 Å². The first-order valence-electron chi connectivity index (χ1n) is 7.56. The number of thioether (sulfide) groups is 1. The summed E-state index contributed by atoms with van der Waals surface area (Å²) in [6.07, 6.45) is 2.99. The molecular formula is C13H29N3O2S2. The van der Waals surface area contributed by atoms with Crippen molar-refractivity contribution < 1.29 is 8.42 Å². The first-order valence-corrected chi connectivity index (χ1v) is 10.0. The average Bonchev–Trinajstić information content (AvgIpc) is 2.46. The van der Waals surface area contributed by atoms with Gasteiger partial charge in [-0.15, -0.1) is 0 Å². The normalized spacial score (nSPS) is 21.5. The van der Waals surface area contributed by atoms with E-state index in [1.807, 2.05) is 11.8 Å². The quantitative estimate of drug-likeness (QED) is 0.651. The van der Waals surface area contributed by atoms with Crippen LogP contribution in [0.15, 0.2) is 0 Å². The molecule has 20 heavy (non-hydrogen) atoms. The Morgan fingerprint density at radius 1 is 1.35 bits per heavy atom. The van der Waals surface area contributed by atoms with E-state index < -0.39 is 10.2 Å². The minimum atomic E-state index is -3.27. The molecule has 0 aromatic carbocycles. The summed E-state index contributed by atoms with van der Waals surface area (Å²) < 4.78 is 28.1. The molecule has 0 amide bonds. The predicted molar refractivity (Wildman–Crippen MR) is 87.4 cm³/mol. The van der Waals surface area contributed by atoms with Crippen molar-refractivity contribution in [3.63, 3.8) is 0 Å². The van der Waals surface area contributed by atoms with E-state index in [9.17, 15) is 8.42 Å². The Labute approximate surface area is 128 Å². The summed E-state index contributed by atoms with van der Waals surface area (Å²) in [4.78, 5) is 0. The Morgan fingerprint density at radius 2 is 2.10 bits per heavy atom. The summed E-state index contributed by atoms with van der Waals surface area (Å²) >= 11 is 1.89. The zero-order valence-corrected chi connectivity index (χ0v) is 14.6. The summed E-state index contributed by atoms with van der Waals surface area (Å²) in [5, 5.41) is 3.74. The standard InChI is InChI=1S/C13H29N3O2S2/c1-4-7-14-8-6-9-15(3)20(17,18)16-10-11-19-13(5-2)12-16/h13-14H,4-12H2,1-3H3. The van der Waals surface area contributed by atoms with Crippen LogP contribution in [0.1, 0.15) is 33.1 Å². The number of rotatable bonds is 9. The van der Waals surface area contributed by atoms with Gasteiger partial charge in [0.05, 0.1) is 0 Å². The van der Waals surface area contributed by atoms with Gasteiger partial charge in [0.25, 0.3) is 10.2 Å². The van der Waals surface area contributed by atoms with Gasteiger partial charge in [-0.1, -0.05) is 13.8 Å². The third-order valence-corrected chi connectivity index (χ3v) is 6.86. The molecule has 1 unspecified atom stereocenters. The molecule has 1 aliphatic heterocycles. The zero-order chi connectivity index (χ0) is 15.0. The van der Waals surface area contributed by atoms with E-state index in [1.54, 1.807) is 11.4 Å². The van der Waals surface area contributed by atoms with Crippen LogP contribution in [0.5, 0.6) is 0 Å². The van der Waals surface area contributed by atoms with Crippen molar-refractivity contribution in [1.29, 1.82) is 0 Å². The lowest BCUT2D eigenvalue weighted by atomic mass is 10.3. The molecular weight excluding hydrogens is 294 g/mol. The van der Waals surface area contributed by atoms with E-state index in [2.05, 4.69) is 19.2 Å². The molecule has 0 aromatic rings. The van der Waals surface area contributed by atoms with Crippen molar-refractivity contribution in [2.75, 3.05) is 45.5 Å². The number of hydrogen-bond donors (Lipinski definition) is 1. The van der Waals surface area contributed by atoms with Crippen LogP contribution < -0.4 is 5.32 Å². The Kier molecular flexibility index (Phi) is 8.43. The fourth-order valence-electron chi connectivity index (χ4n) is 2.19. The van der Waals surface area contributed by atoms with Crippen LogP contribution in [0.25, 0.3) is 0 Å². The molecule has 1 heterocycles. The Balaban J connectivity index is 2.41. The molecule has 1 saturated heterocycles. The van der Waals surface area contributed by atoms with Gasteiger partial charge in [0.2, 0.25) is 0 Å². The summed E-state index contributed by atoms with van der Waals surface area (Å²) in [6, 6.07) is 0. The van der Waals surface area contributed by atoms with Crippen LogP contribution in [0.4, 0.5) is 0 Å². The van der Waals surface area contributed by atoms with Crippen LogP contribution in [-0.2, 0) is 10.2 Å². The second-order valence-electron chi connectivity index (χ2n) is 5.19. The molecule has 7 heteroatoms. The third-order valence-electron chi connectivity index (χ3n) is 3.53. The van der Waals surface area contributed by atoms with Crippen LogP contribution in [0.2, 0.25) is 0 Å². The minimum Gasteiger partial charge on any atom is -0.317 e. The van der Waals surface area contributed by atoms with E-state index in [4.69, 9.17) is 0 Å². The highest BCUT2D eigenvalue weighted by Gasteiger charge is 2.31.